The van der Waals surface area contributed by atoms with Crippen molar-refractivity contribution in [2.75, 3.05) is 6.54 Å². The van der Waals surface area contributed by atoms with Crippen molar-refractivity contribution < 1.29 is 23.9 Å². The van der Waals surface area contributed by atoms with Crippen LogP contribution in [0.3, 0.4) is 0 Å². The summed E-state index contributed by atoms with van der Waals surface area (Å²) < 4.78 is 10.5. The van der Waals surface area contributed by atoms with Crippen LogP contribution in [-0.4, -0.2) is 40.4 Å². The lowest BCUT2D eigenvalue weighted by molar-refractivity contribution is -0.169. The van der Waals surface area contributed by atoms with E-state index < -0.39 is 18.2 Å². The molecule has 3 aliphatic heterocycles. The first kappa shape index (κ1) is 14.7. The number of carbonyl (C=O) groups excluding carboxylic acids is 3. The molecule has 7 nitrogen and oxygen atoms in total. The number of nitrogens with zero attached hydrogens (tertiary/aromatic N) is 2. The van der Waals surface area contributed by atoms with E-state index >= 15 is 0 Å². The molecule has 24 heavy (non-hydrogen) atoms. The van der Waals surface area contributed by atoms with Crippen molar-refractivity contribution in [3.05, 3.63) is 46.8 Å². The van der Waals surface area contributed by atoms with Gasteiger partial charge >= 0.3 is 11.9 Å². The number of benzene rings is 1. The molecular formula is C17H16N2O5. The van der Waals surface area contributed by atoms with Crippen molar-refractivity contribution in [2.45, 2.75) is 32.7 Å². The van der Waals surface area contributed by atoms with Gasteiger partial charge in [0.05, 0.1) is 12.0 Å². The molecule has 1 saturated heterocycles. The van der Waals surface area contributed by atoms with Crippen LogP contribution in [0.25, 0.3) is 0 Å². The lowest BCUT2D eigenvalue weighted by Gasteiger charge is -2.40. The molecule has 2 unspecified atom stereocenters. The van der Waals surface area contributed by atoms with Crippen LogP contribution in [0.2, 0.25) is 0 Å². The van der Waals surface area contributed by atoms with E-state index in [-0.39, 0.29) is 17.8 Å². The minimum Gasteiger partial charge on any atom is -0.417 e. The third-order valence-electron chi connectivity index (χ3n) is 4.69. The first-order chi connectivity index (χ1) is 11.5. The molecule has 1 amide bonds. The number of carbonyl (C=O) groups is 3. The zero-order chi connectivity index (χ0) is 17.0. The molecule has 4 rings (SSSR count). The number of esters is 2. The molecule has 2 atom stereocenters. The standard InChI is InChI=1S/C17H16N2O5/c1-3-18-9(2)14(19-12(18)8-13(19)20)16(22)24-17-11-7-5-4-6-10(11)15(21)23-17/h4-7,12,17H,3,8H2,1-2H3. The Labute approximate surface area is 138 Å². The highest BCUT2D eigenvalue weighted by molar-refractivity contribution is 5.99. The Morgan fingerprint density at radius 3 is 2.79 bits per heavy atom. The molecule has 0 bridgehead atoms. The van der Waals surface area contributed by atoms with Gasteiger partial charge in [-0.2, -0.15) is 0 Å². The molecule has 7 heteroatoms. The number of amides is 1. The van der Waals surface area contributed by atoms with Gasteiger partial charge in [-0.25, -0.2) is 9.59 Å². The van der Waals surface area contributed by atoms with E-state index in [4.69, 9.17) is 9.47 Å². The molecule has 0 radical (unpaired) electrons. The Bertz CT molecular complexity index is 800. The van der Waals surface area contributed by atoms with Gasteiger partial charge in [-0.1, -0.05) is 18.2 Å². The van der Waals surface area contributed by atoms with Gasteiger partial charge in [0.25, 0.3) is 6.29 Å². The van der Waals surface area contributed by atoms with E-state index in [9.17, 15) is 14.4 Å². The smallest absolute Gasteiger partial charge is 0.360 e. The van der Waals surface area contributed by atoms with Crippen molar-refractivity contribution in [2.24, 2.45) is 0 Å². The van der Waals surface area contributed by atoms with Crippen LogP contribution in [0.15, 0.2) is 35.7 Å². The highest BCUT2D eigenvalue weighted by Crippen LogP contribution is 2.40. The van der Waals surface area contributed by atoms with Crippen LogP contribution in [0.5, 0.6) is 0 Å². The maximum absolute atomic E-state index is 12.6. The minimum absolute atomic E-state index is 0.105. The average Bonchev–Trinajstić information content (AvgIpc) is 3.00. The molecule has 0 aromatic heterocycles. The first-order valence-corrected chi connectivity index (χ1v) is 7.83. The maximum Gasteiger partial charge on any atom is 0.360 e. The van der Waals surface area contributed by atoms with Gasteiger partial charge in [-0.3, -0.25) is 9.69 Å². The van der Waals surface area contributed by atoms with Crippen LogP contribution < -0.4 is 0 Å². The van der Waals surface area contributed by atoms with Gasteiger partial charge in [0, 0.05) is 17.8 Å². The van der Waals surface area contributed by atoms with Crippen molar-refractivity contribution >= 4 is 17.8 Å². The zero-order valence-electron chi connectivity index (χ0n) is 13.3. The minimum atomic E-state index is -1.08. The van der Waals surface area contributed by atoms with Gasteiger partial charge in [0.1, 0.15) is 6.17 Å². The summed E-state index contributed by atoms with van der Waals surface area (Å²) in [6, 6.07) is 6.77. The third-order valence-corrected chi connectivity index (χ3v) is 4.69. The second-order valence-corrected chi connectivity index (χ2v) is 5.90. The van der Waals surface area contributed by atoms with Crippen molar-refractivity contribution in [1.29, 1.82) is 0 Å². The summed E-state index contributed by atoms with van der Waals surface area (Å²) in [5.74, 6) is -1.28. The number of rotatable bonds is 3. The quantitative estimate of drug-likeness (QED) is 0.618. The summed E-state index contributed by atoms with van der Waals surface area (Å²) in [4.78, 5) is 39.8. The van der Waals surface area contributed by atoms with Gasteiger partial charge < -0.3 is 14.4 Å². The molecule has 1 aromatic carbocycles. The number of cyclic esters (lactones) is 1. The molecular weight excluding hydrogens is 312 g/mol. The van der Waals surface area contributed by atoms with E-state index in [0.29, 0.717) is 29.8 Å². The largest absolute Gasteiger partial charge is 0.417 e. The van der Waals surface area contributed by atoms with Crippen molar-refractivity contribution in [3.8, 4) is 0 Å². The van der Waals surface area contributed by atoms with Crippen LogP contribution in [0, 0.1) is 0 Å². The SMILES string of the molecule is CCN1C(C)=C(C(=O)OC2OC(=O)c3ccccc32)N2C(=O)CC12. The normalized spacial score (nSPS) is 24.6. The number of allylic oxidation sites excluding steroid dienone is 1. The van der Waals surface area contributed by atoms with E-state index in [1.165, 1.54) is 4.90 Å². The molecule has 3 heterocycles. The summed E-state index contributed by atoms with van der Waals surface area (Å²) in [6.07, 6.45) is -0.793. The Kier molecular flexibility index (Phi) is 3.13. The highest BCUT2D eigenvalue weighted by Gasteiger charge is 2.51. The molecule has 0 spiro atoms. The molecule has 1 fully saturated rings. The fourth-order valence-electron chi connectivity index (χ4n) is 3.50. The summed E-state index contributed by atoms with van der Waals surface area (Å²) in [5.41, 5.74) is 1.85. The number of β-lactam (4-membered cyclic amide) rings is 1. The van der Waals surface area contributed by atoms with E-state index in [2.05, 4.69) is 0 Å². The fraction of sp³-hybridized carbons (Fsp3) is 0.353. The summed E-state index contributed by atoms with van der Waals surface area (Å²) in [5, 5.41) is 0. The van der Waals surface area contributed by atoms with Gasteiger partial charge in [0.15, 0.2) is 5.70 Å². The van der Waals surface area contributed by atoms with Crippen LogP contribution in [-0.2, 0) is 19.1 Å². The number of hydrogen-bond acceptors (Lipinski definition) is 6. The third kappa shape index (κ3) is 1.87. The topological polar surface area (TPSA) is 76.2 Å². The van der Waals surface area contributed by atoms with Crippen LogP contribution >= 0.6 is 0 Å². The molecule has 124 valence electrons. The average molecular weight is 328 g/mol. The highest BCUT2D eigenvalue weighted by atomic mass is 16.7. The van der Waals surface area contributed by atoms with Crippen molar-refractivity contribution in [1.82, 2.24) is 9.80 Å². The predicted octanol–water partition coefficient (Wildman–Crippen LogP) is 1.52. The van der Waals surface area contributed by atoms with E-state index in [1.807, 2.05) is 11.8 Å². The van der Waals surface area contributed by atoms with Crippen LogP contribution in [0.4, 0.5) is 0 Å². The summed E-state index contributed by atoms with van der Waals surface area (Å²) in [6.45, 7) is 4.45. The number of hydrogen-bond donors (Lipinski definition) is 0. The second kappa shape index (κ2) is 5.09. The van der Waals surface area contributed by atoms with Gasteiger partial charge in [-0.15, -0.1) is 0 Å². The Balaban J connectivity index is 1.60. The molecule has 0 aliphatic carbocycles. The zero-order valence-corrected chi connectivity index (χ0v) is 13.3. The second-order valence-electron chi connectivity index (χ2n) is 5.90. The Hall–Kier alpha value is -2.83. The van der Waals surface area contributed by atoms with Crippen molar-refractivity contribution in [3.63, 3.8) is 0 Å². The number of fused-ring (bicyclic) bond motifs is 2. The van der Waals surface area contributed by atoms with Gasteiger partial charge in [-0.05, 0) is 19.9 Å². The summed E-state index contributed by atoms with van der Waals surface area (Å²) in [7, 11) is 0. The fourth-order valence-corrected chi connectivity index (χ4v) is 3.50. The monoisotopic (exact) mass is 328 g/mol. The predicted molar refractivity (Wildman–Crippen MR) is 81.0 cm³/mol. The van der Waals surface area contributed by atoms with E-state index in [1.54, 1.807) is 31.2 Å². The lowest BCUT2D eigenvalue weighted by Crippen LogP contribution is -2.55. The first-order valence-electron chi connectivity index (χ1n) is 7.83. The summed E-state index contributed by atoms with van der Waals surface area (Å²) >= 11 is 0. The maximum atomic E-state index is 12.6. The Morgan fingerprint density at radius 2 is 2.08 bits per heavy atom. The molecule has 1 aromatic rings. The van der Waals surface area contributed by atoms with E-state index in [0.717, 1.165) is 0 Å². The molecule has 3 aliphatic rings. The lowest BCUT2D eigenvalue weighted by atomic mass is 10.1. The number of ether oxygens (including phenoxy) is 2. The van der Waals surface area contributed by atoms with Gasteiger partial charge in [0.2, 0.25) is 5.91 Å². The Morgan fingerprint density at radius 1 is 1.33 bits per heavy atom. The molecule has 0 saturated carbocycles. The molecule has 0 N–H and O–H groups in total. The van der Waals surface area contributed by atoms with Crippen LogP contribution in [0.1, 0.15) is 42.5 Å².